The van der Waals surface area contributed by atoms with Gasteiger partial charge in [-0.3, -0.25) is 19.5 Å². The van der Waals surface area contributed by atoms with Gasteiger partial charge >= 0.3 is 11.9 Å². The lowest BCUT2D eigenvalue weighted by Crippen LogP contribution is -2.40. The molecule has 9 heteroatoms. The topological polar surface area (TPSA) is 114 Å². The van der Waals surface area contributed by atoms with Gasteiger partial charge in [0.2, 0.25) is 5.82 Å². The summed E-state index contributed by atoms with van der Waals surface area (Å²) in [6.07, 6.45) is 0. The molecule has 19 heavy (non-hydrogen) atoms. The molecule has 0 unspecified atom stereocenters. The van der Waals surface area contributed by atoms with Gasteiger partial charge in [0, 0.05) is 0 Å². The molecule has 1 aromatic heterocycles. The maximum Gasteiger partial charge on any atom is 0.325 e. The van der Waals surface area contributed by atoms with Crippen molar-refractivity contribution in [3.05, 3.63) is 11.6 Å². The highest BCUT2D eigenvalue weighted by atomic mass is 16.5. The molecule has 0 fully saturated rings. The number of esters is 2. The van der Waals surface area contributed by atoms with E-state index in [1.807, 2.05) is 0 Å². The molecule has 0 saturated carbocycles. The van der Waals surface area contributed by atoms with Gasteiger partial charge in [-0.15, -0.1) is 5.10 Å². The van der Waals surface area contributed by atoms with Gasteiger partial charge in [-0.1, -0.05) is 0 Å². The second kappa shape index (κ2) is 6.47. The summed E-state index contributed by atoms with van der Waals surface area (Å²) in [5.74, 6) is -1.68. The van der Waals surface area contributed by atoms with Crippen LogP contribution in [0.1, 0.15) is 16.4 Å². The molecule has 9 nitrogen and oxygen atoms in total. The van der Waals surface area contributed by atoms with Crippen molar-refractivity contribution in [1.29, 1.82) is 0 Å². The van der Waals surface area contributed by atoms with Gasteiger partial charge in [0.1, 0.15) is 18.9 Å². The van der Waals surface area contributed by atoms with Crippen molar-refractivity contribution in [3.63, 3.8) is 0 Å². The number of hydrogen-bond acceptors (Lipinski definition) is 7. The summed E-state index contributed by atoms with van der Waals surface area (Å²) in [6, 6.07) is 0. The molecule has 0 radical (unpaired) electrons. The number of aromatic nitrogens is 3. The highest BCUT2D eigenvalue weighted by Crippen LogP contribution is 2.01. The first-order valence-electron chi connectivity index (χ1n) is 5.29. The third-order valence-electron chi connectivity index (χ3n) is 2.17. The van der Waals surface area contributed by atoms with Crippen LogP contribution in [0, 0.1) is 6.92 Å². The van der Waals surface area contributed by atoms with Gasteiger partial charge in [0.15, 0.2) is 0 Å². The molecule has 0 aromatic carbocycles. The van der Waals surface area contributed by atoms with Gasteiger partial charge in [-0.05, 0) is 6.92 Å². The Morgan fingerprint density at radius 3 is 2.05 bits per heavy atom. The number of nitrogens with one attached hydrogen (secondary N) is 1. The summed E-state index contributed by atoms with van der Waals surface area (Å²) in [5.41, 5.74) is 0. The summed E-state index contributed by atoms with van der Waals surface area (Å²) < 4.78 is 8.91. The lowest BCUT2D eigenvalue weighted by atomic mass is 10.4. The molecular weight excluding hydrogens is 256 g/mol. The highest BCUT2D eigenvalue weighted by Gasteiger charge is 2.25. The van der Waals surface area contributed by atoms with Gasteiger partial charge in [0.25, 0.3) is 5.91 Å². The number of aryl methyl sites for hydroxylation is 1. The summed E-state index contributed by atoms with van der Waals surface area (Å²) in [7, 11) is 2.36. The molecule has 0 spiro atoms. The van der Waals surface area contributed by atoms with Crippen LogP contribution in [-0.2, 0) is 19.1 Å². The van der Waals surface area contributed by atoms with E-state index in [9.17, 15) is 14.4 Å². The molecule has 1 rings (SSSR count). The molecule has 104 valence electrons. The van der Waals surface area contributed by atoms with Crippen molar-refractivity contribution in [2.75, 3.05) is 27.3 Å². The number of amides is 1. The SMILES string of the molecule is COC(=O)CN(CC(=O)OC)C(=O)c1n[nH]c(C)n1. The molecule has 0 bridgehead atoms. The number of ether oxygens (including phenoxy) is 2. The predicted octanol–water partition coefficient (Wildman–Crippen LogP) is -1.10. The minimum atomic E-state index is -0.667. The molecular formula is C10H14N4O5. The van der Waals surface area contributed by atoms with Gasteiger partial charge in [0.05, 0.1) is 14.2 Å². The molecule has 0 atom stereocenters. The Morgan fingerprint density at radius 2 is 1.68 bits per heavy atom. The van der Waals surface area contributed by atoms with Crippen LogP contribution in [0.25, 0.3) is 0 Å². The Balaban J connectivity index is 2.85. The Kier molecular flexibility index (Phi) is 4.98. The van der Waals surface area contributed by atoms with E-state index in [0.717, 1.165) is 4.90 Å². The average molecular weight is 270 g/mol. The van der Waals surface area contributed by atoms with E-state index < -0.39 is 30.9 Å². The van der Waals surface area contributed by atoms with Crippen molar-refractivity contribution < 1.29 is 23.9 Å². The number of carbonyl (C=O) groups excluding carboxylic acids is 3. The lowest BCUT2D eigenvalue weighted by molar-refractivity contribution is -0.144. The van der Waals surface area contributed by atoms with Crippen molar-refractivity contribution in [2.45, 2.75) is 6.92 Å². The third kappa shape index (κ3) is 4.05. The lowest BCUT2D eigenvalue weighted by Gasteiger charge is -2.18. The van der Waals surface area contributed by atoms with E-state index in [-0.39, 0.29) is 5.82 Å². The van der Waals surface area contributed by atoms with Crippen molar-refractivity contribution >= 4 is 17.8 Å². The highest BCUT2D eigenvalue weighted by molar-refractivity contribution is 5.94. The predicted molar refractivity (Wildman–Crippen MR) is 61.1 cm³/mol. The van der Waals surface area contributed by atoms with Gasteiger partial charge < -0.3 is 14.4 Å². The first-order chi connectivity index (χ1) is 8.97. The summed E-state index contributed by atoms with van der Waals surface area (Å²) in [6.45, 7) is 0.838. The van der Waals surface area contributed by atoms with E-state index in [1.165, 1.54) is 14.2 Å². The minimum absolute atomic E-state index is 0.134. The number of carbonyl (C=O) groups is 3. The maximum atomic E-state index is 12.0. The molecule has 0 saturated heterocycles. The second-order valence-electron chi connectivity index (χ2n) is 3.56. The summed E-state index contributed by atoms with van der Waals surface area (Å²) in [5, 5.41) is 6.17. The number of H-pyrrole nitrogens is 1. The van der Waals surface area contributed by atoms with E-state index in [0.29, 0.717) is 5.82 Å². The zero-order valence-corrected chi connectivity index (χ0v) is 10.8. The van der Waals surface area contributed by atoms with Gasteiger partial charge in [-0.2, -0.15) is 0 Å². The zero-order chi connectivity index (χ0) is 14.4. The third-order valence-corrected chi connectivity index (χ3v) is 2.17. The molecule has 1 heterocycles. The first kappa shape index (κ1) is 14.6. The van der Waals surface area contributed by atoms with Crippen LogP contribution in [0.4, 0.5) is 0 Å². The van der Waals surface area contributed by atoms with Crippen LogP contribution < -0.4 is 0 Å². The van der Waals surface area contributed by atoms with Crippen LogP contribution in [0.15, 0.2) is 0 Å². The number of aromatic amines is 1. The van der Waals surface area contributed by atoms with Crippen LogP contribution in [0.2, 0.25) is 0 Å². The smallest absolute Gasteiger partial charge is 0.325 e. The van der Waals surface area contributed by atoms with Crippen LogP contribution in [-0.4, -0.2) is 65.2 Å². The van der Waals surface area contributed by atoms with Gasteiger partial charge in [-0.25, -0.2) is 4.98 Å². The van der Waals surface area contributed by atoms with Crippen molar-refractivity contribution in [3.8, 4) is 0 Å². The monoisotopic (exact) mass is 270 g/mol. The average Bonchev–Trinajstić information content (AvgIpc) is 2.83. The standard InChI is InChI=1S/C10H14N4O5/c1-6-11-9(13-12-6)10(17)14(4-7(15)18-2)5-8(16)19-3/h4-5H2,1-3H3,(H,11,12,13). The fourth-order valence-corrected chi connectivity index (χ4v) is 1.22. The molecule has 1 aromatic rings. The van der Waals surface area contributed by atoms with Crippen LogP contribution in [0.3, 0.4) is 0 Å². The van der Waals surface area contributed by atoms with Crippen molar-refractivity contribution in [2.24, 2.45) is 0 Å². The Labute approximate surface area is 108 Å². The van der Waals surface area contributed by atoms with Crippen LogP contribution >= 0.6 is 0 Å². The van der Waals surface area contributed by atoms with E-state index >= 15 is 0 Å². The number of nitrogens with zero attached hydrogens (tertiary/aromatic N) is 3. The molecule has 0 aliphatic carbocycles. The fourth-order valence-electron chi connectivity index (χ4n) is 1.22. The zero-order valence-electron chi connectivity index (χ0n) is 10.8. The Morgan fingerprint density at radius 1 is 1.16 bits per heavy atom. The molecule has 1 N–H and O–H groups in total. The van der Waals surface area contributed by atoms with E-state index in [4.69, 9.17) is 0 Å². The normalized spacial score (nSPS) is 9.84. The number of hydrogen-bond donors (Lipinski definition) is 1. The number of methoxy groups -OCH3 is 2. The first-order valence-corrected chi connectivity index (χ1v) is 5.29. The maximum absolute atomic E-state index is 12.0. The second-order valence-corrected chi connectivity index (χ2v) is 3.56. The van der Waals surface area contributed by atoms with E-state index in [1.54, 1.807) is 6.92 Å². The van der Waals surface area contributed by atoms with Crippen molar-refractivity contribution in [1.82, 2.24) is 20.1 Å². The quantitative estimate of drug-likeness (QED) is 0.675. The largest absolute Gasteiger partial charge is 0.468 e. The fraction of sp³-hybridized carbons (Fsp3) is 0.500. The van der Waals surface area contributed by atoms with E-state index in [2.05, 4.69) is 24.7 Å². The molecule has 1 amide bonds. The minimum Gasteiger partial charge on any atom is -0.468 e. The summed E-state index contributed by atoms with van der Waals surface area (Å²) in [4.78, 5) is 39.2. The Hall–Kier alpha value is -2.45. The molecule has 0 aliphatic heterocycles. The van der Waals surface area contributed by atoms with Crippen LogP contribution in [0.5, 0.6) is 0 Å². The Bertz CT molecular complexity index is 466. The number of rotatable bonds is 5. The summed E-state index contributed by atoms with van der Waals surface area (Å²) >= 11 is 0. The molecule has 0 aliphatic rings.